The van der Waals surface area contributed by atoms with Gasteiger partial charge in [-0.25, -0.2) is 0 Å². The van der Waals surface area contributed by atoms with Gasteiger partial charge in [0.05, 0.1) is 11.2 Å². The third-order valence-electron chi connectivity index (χ3n) is 5.65. The lowest BCUT2D eigenvalue weighted by atomic mass is 9.62. The van der Waals surface area contributed by atoms with Crippen LogP contribution in [-0.4, -0.2) is 24.1 Å². The van der Waals surface area contributed by atoms with Crippen LogP contribution >= 0.6 is 0 Å². The minimum absolute atomic E-state index is 0.150. The highest BCUT2D eigenvalue weighted by molar-refractivity contribution is 6.47. The third-order valence-corrected chi connectivity index (χ3v) is 5.65. The summed E-state index contributed by atoms with van der Waals surface area (Å²) in [4.78, 5) is 11.7. The van der Waals surface area contributed by atoms with Crippen molar-refractivity contribution in [1.29, 1.82) is 0 Å². The monoisotopic (exact) mass is 294 g/mol. The van der Waals surface area contributed by atoms with E-state index in [1.807, 2.05) is 0 Å². The van der Waals surface area contributed by atoms with Gasteiger partial charge in [-0.15, -0.1) is 0 Å². The Bertz CT molecular complexity index is 362. The van der Waals surface area contributed by atoms with Crippen LogP contribution in [0.4, 0.5) is 0 Å². The van der Waals surface area contributed by atoms with Gasteiger partial charge in [0, 0.05) is 12.8 Å². The second-order valence-electron chi connectivity index (χ2n) is 7.83. The fourth-order valence-electron chi connectivity index (χ4n) is 3.50. The van der Waals surface area contributed by atoms with E-state index < -0.39 is 0 Å². The van der Waals surface area contributed by atoms with Gasteiger partial charge in [0.2, 0.25) is 0 Å². The topological polar surface area (TPSA) is 35.5 Å². The summed E-state index contributed by atoms with van der Waals surface area (Å²) >= 11 is 0. The molecule has 1 saturated carbocycles. The van der Waals surface area contributed by atoms with Crippen molar-refractivity contribution >= 4 is 12.9 Å². The van der Waals surface area contributed by atoms with Crippen molar-refractivity contribution in [3.05, 3.63) is 0 Å². The number of hydrogen-bond acceptors (Lipinski definition) is 3. The summed E-state index contributed by atoms with van der Waals surface area (Å²) < 4.78 is 12.5. The first-order chi connectivity index (χ1) is 9.77. The van der Waals surface area contributed by atoms with Crippen LogP contribution in [0.3, 0.4) is 0 Å². The lowest BCUT2D eigenvalue weighted by Crippen LogP contribution is -2.41. The van der Waals surface area contributed by atoms with Crippen molar-refractivity contribution in [1.82, 2.24) is 0 Å². The molecule has 1 saturated heterocycles. The first-order valence-corrected chi connectivity index (χ1v) is 8.64. The van der Waals surface area contributed by atoms with Crippen molar-refractivity contribution in [2.45, 2.75) is 96.6 Å². The SMILES string of the molecule is CCCCC[C@@H](B1OC(C)(C)C(C)(C)O1)[C@H]1CCC(=O)C1. The maximum atomic E-state index is 11.7. The van der Waals surface area contributed by atoms with Gasteiger partial charge in [-0.2, -0.15) is 0 Å². The van der Waals surface area contributed by atoms with Gasteiger partial charge >= 0.3 is 7.12 Å². The predicted octanol–water partition coefficient (Wildman–Crippen LogP) is 4.40. The zero-order chi connectivity index (χ0) is 15.7. The standard InChI is InChI=1S/C17H31BO3/c1-6-7-8-9-15(13-10-11-14(19)12-13)18-20-16(2,3)17(4,5)21-18/h13,15H,6-12H2,1-5H3/t13-,15+/m0/s1. The smallest absolute Gasteiger partial charge is 0.403 e. The molecule has 1 aliphatic carbocycles. The molecule has 2 aliphatic rings. The van der Waals surface area contributed by atoms with Gasteiger partial charge in [0.25, 0.3) is 0 Å². The lowest BCUT2D eigenvalue weighted by Gasteiger charge is -2.32. The molecule has 2 rings (SSSR count). The number of ketones is 1. The van der Waals surface area contributed by atoms with Crippen LogP contribution in [-0.2, 0) is 14.1 Å². The lowest BCUT2D eigenvalue weighted by molar-refractivity contribution is -0.117. The summed E-state index contributed by atoms with van der Waals surface area (Å²) in [6, 6.07) is 0. The van der Waals surface area contributed by atoms with Gasteiger partial charge in [-0.05, 0) is 45.9 Å². The summed E-state index contributed by atoms with van der Waals surface area (Å²) in [7, 11) is -0.150. The maximum Gasteiger partial charge on any atom is 0.461 e. The molecular formula is C17H31BO3. The Morgan fingerprint density at radius 3 is 2.29 bits per heavy atom. The van der Waals surface area contributed by atoms with E-state index in [9.17, 15) is 4.79 Å². The molecule has 4 heteroatoms. The van der Waals surface area contributed by atoms with E-state index in [0.717, 1.165) is 25.7 Å². The van der Waals surface area contributed by atoms with Crippen molar-refractivity contribution in [2.75, 3.05) is 0 Å². The van der Waals surface area contributed by atoms with Crippen molar-refractivity contribution in [3.8, 4) is 0 Å². The fraction of sp³-hybridized carbons (Fsp3) is 0.941. The number of rotatable bonds is 6. The molecule has 2 atom stereocenters. The third kappa shape index (κ3) is 3.71. The molecule has 1 aliphatic heterocycles. The largest absolute Gasteiger partial charge is 0.461 e. The zero-order valence-corrected chi connectivity index (χ0v) is 14.4. The predicted molar refractivity (Wildman–Crippen MR) is 86.3 cm³/mol. The van der Waals surface area contributed by atoms with Gasteiger partial charge in [-0.3, -0.25) is 4.79 Å². The van der Waals surface area contributed by atoms with Crippen molar-refractivity contribution in [2.24, 2.45) is 5.92 Å². The molecule has 120 valence electrons. The average molecular weight is 294 g/mol. The molecule has 0 unspecified atom stereocenters. The van der Waals surface area contributed by atoms with Crippen LogP contribution < -0.4 is 0 Å². The van der Waals surface area contributed by atoms with Crippen LogP contribution in [0.25, 0.3) is 0 Å². The minimum atomic E-state index is -0.275. The fourth-order valence-corrected chi connectivity index (χ4v) is 3.50. The Labute approximate surface area is 130 Å². The molecule has 1 heterocycles. The second-order valence-corrected chi connectivity index (χ2v) is 7.83. The Morgan fingerprint density at radius 2 is 1.81 bits per heavy atom. The van der Waals surface area contributed by atoms with Crippen LogP contribution in [0.2, 0.25) is 5.82 Å². The van der Waals surface area contributed by atoms with Crippen molar-refractivity contribution in [3.63, 3.8) is 0 Å². The summed E-state index contributed by atoms with van der Waals surface area (Å²) in [5.74, 6) is 1.23. The van der Waals surface area contributed by atoms with E-state index in [1.54, 1.807) is 0 Å². The first-order valence-electron chi connectivity index (χ1n) is 8.64. The summed E-state index contributed by atoms with van der Waals surface area (Å²) in [5.41, 5.74) is -0.549. The minimum Gasteiger partial charge on any atom is -0.403 e. The van der Waals surface area contributed by atoms with E-state index in [2.05, 4.69) is 34.6 Å². The molecule has 3 nitrogen and oxygen atoms in total. The van der Waals surface area contributed by atoms with E-state index in [1.165, 1.54) is 19.3 Å². The first kappa shape index (κ1) is 17.0. The average Bonchev–Trinajstić information content (AvgIpc) is 2.87. The van der Waals surface area contributed by atoms with Crippen LogP contribution in [0, 0.1) is 5.92 Å². The molecule has 0 spiro atoms. The zero-order valence-electron chi connectivity index (χ0n) is 14.4. The molecule has 2 fully saturated rings. The van der Waals surface area contributed by atoms with Crippen LogP contribution in [0.15, 0.2) is 0 Å². The normalized spacial score (nSPS) is 29.1. The number of hydrogen-bond donors (Lipinski definition) is 0. The molecule has 21 heavy (non-hydrogen) atoms. The Hall–Kier alpha value is -0.345. The number of carbonyl (C=O) groups excluding carboxylic acids is 1. The van der Waals surface area contributed by atoms with Gasteiger partial charge < -0.3 is 9.31 Å². The van der Waals surface area contributed by atoms with E-state index in [0.29, 0.717) is 17.5 Å². The van der Waals surface area contributed by atoms with Gasteiger partial charge in [-0.1, -0.05) is 32.6 Å². The Kier molecular flexibility index (Phi) is 5.20. The summed E-state index contributed by atoms with van der Waals surface area (Å²) in [6.07, 6.45) is 7.27. The van der Waals surface area contributed by atoms with Crippen LogP contribution in [0.5, 0.6) is 0 Å². The number of carbonyl (C=O) groups is 1. The highest BCUT2D eigenvalue weighted by atomic mass is 16.7. The second kappa shape index (κ2) is 6.41. The molecule has 0 aromatic carbocycles. The summed E-state index contributed by atoms with van der Waals surface area (Å²) in [5, 5.41) is 0. The molecule has 0 amide bonds. The highest BCUT2D eigenvalue weighted by Gasteiger charge is 2.55. The highest BCUT2D eigenvalue weighted by Crippen LogP contribution is 2.46. The van der Waals surface area contributed by atoms with Crippen LogP contribution in [0.1, 0.15) is 79.6 Å². The Morgan fingerprint density at radius 1 is 1.19 bits per heavy atom. The molecular weight excluding hydrogens is 263 g/mol. The molecule has 0 bridgehead atoms. The Balaban J connectivity index is 2.07. The molecule has 0 radical (unpaired) electrons. The maximum absolute atomic E-state index is 11.7. The van der Waals surface area contributed by atoms with Gasteiger partial charge in [0.1, 0.15) is 5.78 Å². The van der Waals surface area contributed by atoms with Crippen molar-refractivity contribution < 1.29 is 14.1 Å². The van der Waals surface area contributed by atoms with Gasteiger partial charge in [0.15, 0.2) is 0 Å². The van der Waals surface area contributed by atoms with E-state index >= 15 is 0 Å². The molecule has 0 aromatic heterocycles. The quantitative estimate of drug-likeness (QED) is 0.538. The van der Waals surface area contributed by atoms with E-state index in [4.69, 9.17) is 9.31 Å². The number of unbranched alkanes of at least 4 members (excludes halogenated alkanes) is 2. The van der Waals surface area contributed by atoms with E-state index in [-0.39, 0.29) is 18.3 Å². The number of Topliss-reactive ketones (excluding diaryl/α,β-unsaturated/α-hetero) is 1. The molecule has 0 aromatic rings. The summed E-state index contributed by atoms with van der Waals surface area (Å²) in [6.45, 7) is 10.7. The molecule has 0 N–H and O–H groups in total.